The van der Waals surface area contributed by atoms with Gasteiger partial charge in [-0.05, 0) is 59.8 Å². The Morgan fingerprint density at radius 2 is 1.94 bits per heavy atom. The van der Waals surface area contributed by atoms with Gasteiger partial charge in [0, 0.05) is 25.0 Å². The minimum Gasteiger partial charge on any atom is -0.327 e. The second-order valence-corrected chi connectivity index (χ2v) is 8.88. The van der Waals surface area contributed by atoms with Gasteiger partial charge in [0.05, 0.1) is 26.0 Å². The molecule has 6 nitrogen and oxygen atoms in total. The highest BCUT2D eigenvalue weighted by atomic mass is 35.5. The summed E-state index contributed by atoms with van der Waals surface area (Å²) in [5, 5.41) is 4.02. The fourth-order valence-corrected chi connectivity index (χ4v) is 4.70. The number of rotatable bonds is 3. The number of hydrogen-bond donors (Lipinski definition) is 1. The van der Waals surface area contributed by atoms with Crippen LogP contribution < -0.4 is 5.32 Å². The van der Waals surface area contributed by atoms with E-state index < -0.39 is 0 Å². The fraction of sp³-hybridized carbons (Fsp3) is 0.0435. The average molecular weight is 480 g/mol. The quantitative estimate of drug-likeness (QED) is 0.375. The van der Waals surface area contributed by atoms with E-state index in [0.29, 0.717) is 25.8 Å². The van der Waals surface area contributed by atoms with E-state index in [-0.39, 0.29) is 5.91 Å². The Balaban J connectivity index is 1.46. The summed E-state index contributed by atoms with van der Waals surface area (Å²) in [7, 11) is 1.97. The van der Waals surface area contributed by atoms with Crippen LogP contribution in [0.5, 0.6) is 0 Å². The molecule has 1 fully saturated rings. The first-order chi connectivity index (χ1) is 15.5. The standard InChI is InChI=1S/C23H15Cl2N5OS/c1-30-18-8-7-13(10-17(18)27-21(30)14-4-3-9-26-12-14)11-19-22(31)29-23(32-19)28-20-15(24)5-2-6-16(20)25/h2-12H,1H3,(H,28,29,31)/b19-11-. The fourth-order valence-electron chi connectivity index (χ4n) is 3.39. The number of nitrogens with one attached hydrogen (secondary N) is 1. The number of fused-ring (bicyclic) bond motifs is 1. The van der Waals surface area contributed by atoms with Crippen LogP contribution in [-0.4, -0.2) is 25.6 Å². The number of benzene rings is 2. The highest BCUT2D eigenvalue weighted by Gasteiger charge is 2.24. The van der Waals surface area contributed by atoms with Gasteiger partial charge in [-0.2, -0.15) is 0 Å². The number of halogens is 2. The van der Waals surface area contributed by atoms with Gasteiger partial charge < -0.3 is 9.88 Å². The van der Waals surface area contributed by atoms with Crippen molar-refractivity contribution in [1.29, 1.82) is 0 Å². The maximum atomic E-state index is 12.5. The van der Waals surface area contributed by atoms with Crippen LogP contribution in [0, 0.1) is 0 Å². The van der Waals surface area contributed by atoms with Gasteiger partial charge in [-0.3, -0.25) is 9.78 Å². The summed E-state index contributed by atoms with van der Waals surface area (Å²) in [4.78, 5) is 26.4. The van der Waals surface area contributed by atoms with E-state index in [4.69, 9.17) is 28.2 Å². The second-order valence-electron chi connectivity index (χ2n) is 7.04. The Morgan fingerprint density at radius 1 is 1.12 bits per heavy atom. The Labute approximate surface area is 198 Å². The molecule has 0 spiro atoms. The zero-order chi connectivity index (χ0) is 22.2. The summed E-state index contributed by atoms with van der Waals surface area (Å²) in [6.45, 7) is 0. The Kier molecular flexibility index (Phi) is 5.46. The van der Waals surface area contributed by atoms with E-state index >= 15 is 0 Å². The molecule has 2 aromatic carbocycles. The van der Waals surface area contributed by atoms with Crippen molar-refractivity contribution in [3.63, 3.8) is 0 Å². The molecule has 9 heteroatoms. The van der Waals surface area contributed by atoms with Gasteiger partial charge in [0.15, 0.2) is 5.17 Å². The summed E-state index contributed by atoms with van der Waals surface area (Å²) < 4.78 is 2.03. The minimum absolute atomic E-state index is 0.228. The molecule has 4 aromatic rings. The lowest BCUT2D eigenvalue weighted by Gasteiger charge is -2.01. The van der Waals surface area contributed by atoms with Crippen LogP contribution in [-0.2, 0) is 11.8 Å². The molecule has 0 unspecified atom stereocenters. The number of thioether (sulfide) groups is 1. The summed E-state index contributed by atoms with van der Waals surface area (Å²) in [6, 6.07) is 14.9. The molecule has 3 heterocycles. The van der Waals surface area contributed by atoms with Crippen molar-refractivity contribution < 1.29 is 4.79 Å². The maximum absolute atomic E-state index is 12.5. The third-order valence-electron chi connectivity index (χ3n) is 4.92. The summed E-state index contributed by atoms with van der Waals surface area (Å²) in [5.41, 5.74) is 4.06. The molecular formula is C23H15Cl2N5OS. The van der Waals surface area contributed by atoms with E-state index in [1.807, 2.05) is 48.0 Å². The van der Waals surface area contributed by atoms with Crippen LogP contribution in [0.25, 0.3) is 28.5 Å². The van der Waals surface area contributed by atoms with E-state index in [1.54, 1.807) is 30.6 Å². The largest absolute Gasteiger partial charge is 0.327 e. The number of aromatic nitrogens is 3. The number of nitrogens with zero attached hydrogens (tertiary/aromatic N) is 4. The molecule has 0 bridgehead atoms. The van der Waals surface area contributed by atoms with Crippen molar-refractivity contribution in [2.75, 3.05) is 0 Å². The number of pyridine rings is 1. The van der Waals surface area contributed by atoms with Crippen LogP contribution in [0.1, 0.15) is 5.56 Å². The SMILES string of the molecule is Cn1c(-c2cccnc2)nc2cc(/C=C3\S/C(=N\c4c(Cl)cccc4Cl)NC3=O)ccc21. The molecule has 0 radical (unpaired) electrons. The van der Waals surface area contributed by atoms with Crippen molar-refractivity contribution in [3.05, 3.63) is 81.4 Å². The summed E-state index contributed by atoms with van der Waals surface area (Å²) in [6.07, 6.45) is 5.34. The molecule has 0 saturated carbocycles. The molecule has 1 saturated heterocycles. The van der Waals surface area contributed by atoms with Gasteiger partial charge in [0.2, 0.25) is 0 Å². The molecular weight excluding hydrogens is 465 g/mol. The molecule has 1 amide bonds. The van der Waals surface area contributed by atoms with E-state index in [0.717, 1.165) is 28.0 Å². The number of aliphatic imine (C=N–C) groups is 1. The first-order valence-electron chi connectivity index (χ1n) is 9.60. The third-order valence-corrected chi connectivity index (χ3v) is 6.44. The van der Waals surface area contributed by atoms with Crippen LogP contribution >= 0.6 is 35.0 Å². The lowest BCUT2D eigenvalue weighted by molar-refractivity contribution is -0.115. The molecule has 0 aliphatic carbocycles. The molecule has 0 atom stereocenters. The van der Waals surface area contributed by atoms with Gasteiger partial charge in [-0.15, -0.1) is 0 Å². The van der Waals surface area contributed by atoms with E-state index in [1.165, 1.54) is 11.8 Å². The number of carbonyl (C=O) groups excluding carboxylic acids is 1. The molecule has 2 aromatic heterocycles. The number of aryl methyl sites for hydroxylation is 1. The topological polar surface area (TPSA) is 72.2 Å². The second kappa shape index (κ2) is 8.43. The normalized spacial score (nSPS) is 16.3. The van der Waals surface area contributed by atoms with Crippen molar-refractivity contribution in [2.45, 2.75) is 0 Å². The van der Waals surface area contributed by atoms with Crippen molar-refractivity contribution in [1.82, 2.24) is 19.9 Å². The minimum atomic E-state index is -0.228. The first kappa shape index (κ1) is 20.8. The predicted molar refractivity (Wildman–Crippen MR) is 131 cm³/mol. The van der Waals surface area contributed by atoms with Gasteiger partial charge in [0.1, 0.15) is 11.5 Å². The summed E-state index contributed by atoms with van der Waals surface area (Å²) in [5.74, 6) is 0.603. The van der Waals surface area contributed by atoms with E-state index in [9.17, 15) is 4.79 Å². The highest BCUT2D eigenvalue weighted by Crippen LogP contribution is 2.36. The summed E-state index contributed by atoms with van der Waals surface area (Å²) >= 11 is 13.6. The first-order valence-corrected chi connectivity index (χ1v) is 11.2. The van der Waals surface area contributed by atoms with Crippen molar-refractivity contribution >= 4 is 68.8 Å². The highest BCUT2D eigenvalue weighted by molar-refractivity contribution is 8.18. The lowest BCUT2D eigenvalue weighted by atomic mass is 10.2. The van der Waals surface area contributed by atoms with E-state index in [2.05, 4.69) is 15.3 Å². The number of amidine groups is 1. The van der Waals surface area contributed by atoms with Crippen LogP contribution in [0.3, 0.4) is 0 Å². The van der Waals surface area contributed by atoms with Gasteiger partial charge >= 0.3 is 0 Å². The van der Waals surface area contributed by atoms with Crippen molar-refractivity contribution in [3.8, 4) is 11.4 Å². The predicted octanol–water partition coefficient (Wildman–Crippen LogP) is 5.83. The average Bonchev–Trinajstić information content (AvgIpc) is 3.30. The van der Waals surface area contributed by atoms with Crippen molar-refractivity contribution in [2.24, 2.45) is 12.0 Å². The number of hydrogen-bond acceptors (Lipinski definition) is 5. The third kappa shape index (κ3) is 3.90. The van der Waals surface area contributed by atoms with Crippen LogP contribution in [0.4, 0.5) is 5.69 Å². The van der Waals surface area contributed by atoms with Gasteiger partial charge in [-0.1, -0.05) is 35.3 Å². The molecule has 32 heavy (non-hydrogen) atoms. The Morgan fingerprint density at radius 3 is 2.69 bits per heavy atom. The van der Waals surface area contributed by atoms with Gasteiger partial charge in [-0.25, -0.2) is 9.98 Å². The molecule has 5 rings (SSSR count). The zero-order valence-corrected chi connectivity index (χ0v) is 19.0. The van der Waals surface area contributed by atoms with Crippen LogP contribution in [0.15, 0.2) is 70.8 Å². The molecule has 158 valence electrons. The Hall–Kier alpha value is -3.13. The number of amides is 1. The monoisotopic (exact) mass is 479 g/mol. The van der Waals surface area contributed by atoms with Gasteiger partial charge in [0.25, 0.3) is 5.91 Å². The lowest BCUT2D eigenvalue weighted by Crippen LogP contribution is -2.19. The maximum Gasteiger partial charge on any atom is 0.264 e. The number of imidazole rings is 1. The number of carbonyl (C=O) groups is 1. The zero-order valence-electron chi connectivity index (χ0n) is 16.7. The molecule has 1 aliphatic heterocycles. The smallest absolute Gasteiger partial charge is 0.264 e. The molecule has 1 N–H and O–H groups in total. The Bertz CT molecular complexity index is 1410. The van der Waals surface area contributed by atoms with Crippen LogP contribution in [0.2, 0.25) is 10.0 Å². The number of para-hydroxylation sites is 1. The molecule has 1 aliphatic rings.